The molecule has 3 aliphatic rings. The fraction of sp³-hybridized carbons (Fsp3) is 0.440. The van der Waals surface area contributed by atoms with Crippen molar-refractivity contribution in [1.82, 2.24) is 39.3 Å². The van der Waals surface area contributed by atoms with E-state index in [0.717, 1.165) is 48.4 Å². The number of hydrogen-bond donors (Lipinski definition) is 6. The zero-order valence-electron chi connectivity index (χ0n) is 40.7. The van der Waals surface area contributed by atoms with Crippen LogP contribution in [0.5, 0.6) is 11.5 Å². The Balaban J connectivity index is 0.821. The van der Waals surface area contributed by atoms with Gasteiger partial charge in [-0.1, -0.05) is 49.5 Å². The number of ether oxygens (including phenoxy) is 1. The minimum Gasteiger partial charge on any atom is -0.508 e. The molecule has 71 heavy (non-hydrogen) atoms. The third-order valence-electron chi connectivity index (χ3n) is 13.4. The second-order valence-corrected chi connectivity index (χ2v) is 21.9. The molecule has 19 nitrogen and oxygen atoms in total. The van der Waals surface area contributed by atoms with Crippen LogP contribution in [0.1, 0.15) is 112 Å². The lowest BCUT2D eigenvalue weighted by atomic mass is 9.92. The van der Waals surface area contributed by atoms with E-state index in [4.69, 9.17) is 14.9 Å². The van der Waals surface area contributed by atoms with E-state index in [1.807, 2.05) is 50.6 Å². The summed E-state index contributed by atoms with van der Waals surface area (Å²) in [7, 11) is 0. The smallest absolute Gasteiger partial charge is 0.267 e. The molecule has 6 aromatic rings. The number of phenols is 2. The number of anilines is 6. The van der Waals surface area contributed by atoms with Crippen molar-refractivity contribution in [2.75, 3.05) is 60.7 Å². The summed E-state index contributed by atoms with van der Waals surface area (Å²) in [5, 5.41) is 44.7. The second-order valence-electron chi connectivity index (χ2n) is 19.8. The van der Waals surface area contributed by atoms with Gasteiger partial charge in [0.05, 0.1) is 35.9 Å². The first-order chi connectivity index (χ1) is 34.0. The standard InChI is InChI=1S/C50H60N12O7S2/c1-28-33(22-37(64)30(3)43(28)55-45(66)38-24-51-48(70-38)54-41-12-18-62(58-41)35-10-16-60(27-35)47(68)31-13-19-69-20-14-31)21-32-7-8-36(63)29(2)44(32)56-46(67)39-25-52-49(71-39)53-40-11-17-61(57-40)34-9-15-59(26-34)42(65)23-50(4,5)6/h7-8,11-12,17-18,22,24-25,31,34-35,63-64H,9-10,13-16,19-21,23,26-27H2,1-6H3,(H,55,66)(H,56,67)(H,51,54,58)(H,52,53,57)/t34-,35-/m1/s1. The third-order valence-corrected chi connectivity index (χ3v) is 15.3. The molecule has 0 bridgehead atoms. The Bertz CT molecular complexity index is 2960. The van der Waals surface area contributed by atoms with Crippen LogP contribution >= 0.6 is 22.7 Å². The number of likely N-dealkylation sites (tertiary alicyclic amines) is 2. The lowest BCUT2D eigenvalue weighted by Gasteiger charge is -2.26. The van der Waals surface area contributed by atoms with E-state index >= 15 is 0 Å². The minimum absolute atomic E-state index is 0.00196. The van der Waals surface area contributed by atoms with E-state index < -0.39 is 11.8 Å². The molecule has 0 spiro atoms. The van der Waals surface area contributed by atoms with Gasteiger partial charge in [0.2, 0.25) is 11.8 Å². The Morgan fingerprint density at radius 2 is 1.25 bits per heavy atom. The highest BCUT2D eigenvalue weighted by Crippen LogP contribution is 2.38. The highest BCUT2D eigenvalue weighted by Gasteiger charge is 2.34. The van der Waals surface area contributed by atoms with Crippen molar-refractivity contribution in [3.05, 3.63) is 92.7 Å². The van der Waals surface area contributed by atoms with Gasteiger partial charge in [0.1, 0.15) is 21.3 Å². The van der Waals surface area contributed by atoms with Crippen molar-refractivity contribution >= 4 is 79.6 Å². The number of aromatic nitrogens is 6. The van der Waals surface area contributed by atoms with Crippen molar-refractivity contribution < 1.29 is 34.1 Å². The van der Waals surface area contributed by atoms with Gasteiger partial charge in [0.25, 0.3) is 11.8 Å². The molecule has 0 saturated carbocycles. The number of carbonyl (C=O) groups excluding carboxylic acids is 4. The molecule has 3 fully saturated rings. The third kappa shape index (κ3) is 11.2. The van der Waals surface area contributed by atoms with Gasteiger partial charge in [-0.05, 0) is 87.1 Å². The zero-order chi connectivity index (χ0) is 50.1. The highest BCUT2D eigenvalue weighted by atomic mass is 32.1. The van der Waals surface area contributed by atoms with Gasteiger partial charge in [-0.3, -0.25) is 28.5 Å². The predicted molar refractivity (Wildman–Crippen MR) is 272 cm³/mol. The maximum atomic E-state index is 13.8. The first kappa shape index (κ1) is 49.2. The number of aromatic hydroxyl groups is 2. The normalized spacial score (nSPS) is 17.4. The number of amides is 4. The van der Waals surface area contributed by atoms with Gasteiger partial charge >= 0.3 is 0 Å². The summed E-state index contributed by atoms with van der Waals surface area (Å²) in [6.07, 6.45) is 10.6. The first-order valence-electron chi connectivity index (χ1n) is 23.9. The molecular weight excluding hydrogens is 945 g/mol. The van der Waals surface area contributed by atoms with Crippen LogP contribution in [0, 0.1) is 32.1 Å². The zero-order valence-corrected chi connectivity index (χ0v) is 42.4. The summed E-state index contributed by atoms with van der Waals surface area (Å²) in [6, 6.07) is 8.73. The summed E-state index contributed by atoms with van der Waals surface area (Å²) < 4.78 is 9.18. The molecule has 0 radical (unpaired) electrons. The van der Waals surface area contributed by atoms with Crippen molar-refractivity contribution in [3.8, 4) is 11.5 Å². The molecular formula is C50H60N12O7S2. The van der Waals surface area contributed by atoms with Gasteiger partial charge < -0.3 is 46.0 Å². The number of benzene rings is 2. The van der Waals surface area contributed by atoms with Gasteiger partial charge in [-0.25, -0.2) is 9.97 Å². The largest absolute Gasteiger partial charge is 0.508 e. The fourth-order valence-electron chi connectivity index (χ4n) is 9.38. The topological polar surface area (TPSA) is 234 Å². The lowest BCUT2D eigenvalue weighted by molar-refractivity contribution is -0.137. The predicted octanol–water partition coefficient (Wildman–Crippen LogP) is 8.32. The van der Waals surface area contributed by atoms with Crippen molar-refractivity contribution in [3.63, 3.8) is 0 Å². The van der Waals surface area contributed by atoms with Crippen LogP contribution in [0.4, 0.5) is 33.3 Å². The quantitative estimate of drug-likeness (QED) is 0.0603. The van der Waals surface area contributed by atoms with E-state index in [9.17, 15) is 29.4 Å². The van der Waals surface area contributed by atoms with Gasteiger partial charge in [0, 0.05) is 87.4 Å². The molecule has 2 aromatic carbocycles. The SMILES string of the molecule is Cc1c(O)ccc(Cc2cc(O)c(C)c(NC(=O)c3cnc(Nc4ccn([C@@H]5CCN(C(=O)C6CCOCC6)C5)n4)s3)c2C)c1NC(=O)c1cnc(Nc2ccn([C@@H]3CCN(C(=O)CC(C)(C)C)C3)n2)s1. The Morgan fingerprint density at radius 3 is 1.85 bits per heavy atom. The van der Waals surface area contributed by atoms with Gasteiger partial charge in [-0.2, -0.15) is 10.2 Å². The number of hydrogen-bond acceptors (Lipinski definition) is 15. The van der Waals surface area contributed by atoms with E-state index in [0.29, 0.717) is 117 Å². The van der Waals surface area contributed by atoms with Crippen LogP contribution in [-0.2, 0) is 20.7 Å². The lowest BCUT2D eigenvalue weighted by Crippen LogP contribution is -2.37. The number of rotatable bonds is 14. The number of carbonyl (C=O) groups is 4. The monoisotopic (exact) mass is 1000 g/mol. The van der Waals surface area contributed by atoms with Crippen molar-refractivity contribution in [2.45, 2.75) is 92.2 Å². The van der Waals surface area contributed by atoms with Crippen LogP contribution in [0.15, 0.2) is 55.1 Å². The molecule has 3 aliphatic heterocycles. The molecule has 0 aliphatic carbocycles. The number of nitrogens with one attached hydrogen (secondary N) is 4. The molecule has 3 saturated heterocycles. The molecule has 4 amide bonds. The first-order valence-corrected chi connectivity index (χ1v) is 25.6. The average molecular weight is 1010 g/mol. The Labute approximate surface area is 419 Å². The summed E-state index contributed by atoms with van der Waals surface area (Å²) in [5.41, 5.74) is 3.79. The van der Waals surface area contributed by atoms with Crippen LogP contribution in [0.25, 0.3) is 0 Å². The number of thiazole rings is 2. The molecule has 2 atom stereocenters. The summed E-state index contributed by atoms with van der Waals surface area (Å²) in [4.78, 5) is 66.8. The van der Waals surface area contributed by atoms with Crippen LogP contribution < -0.4 is 21.3 Å². The molecule has 0 unspecified atom stereocenters. The highest BCUT2D eigenvalue weighted by molar-refractivity contribution is 7.18. The second kappa shape index (κ2) is 20.5. The summed E-state index contributed by atoms with van der Waals surface area (Å²) >= 11 is 2.31. The maximum absolute atomic E-state index is 13.8. The summed E-state index contributed by atoms with van der Waals surface area (Å²) in [5.74, 6) is 0.645. The Morgan fingerprint density at radius 1 is 0.704 bits per heavy atom. The molecule has 7 heterocycles. The molecule has 6 N–H and O–H groups in total. The molecule has 9 rings (SSSR count). The fourth-order valence-corrected chi connectivity index (χ4v) is 10.8. The molecule has 21 heteroatoms. The molecule has 4 aromatic heterocycles. The van der Waals surface area contributed by atoms with E-state index in [1.54, 1.807) is 32.0 Å². The average Bonchev–Trinajstić information content (AvgIpc) is 4.21. The maximum Gasteiger partial charge on any atom is 0.267 e. The number of phenolic OH excluding ortho intramolecular Hbond substituents is 2. The Hall–Kier alpha value is -6.84. The van der Waals surface area contributed by atoms with Crippen LogP contribution in [-0.4, -0.2) is 113 Å². The van der Waals surface area contributed by atoms with E-state index in [2.05, 4.69) is 52.0 Å². The van der Waals surface area contributed by atoms with Crippen LogP contribution in [0.3, 0.4) is 0 Å². The molecule has 374 valence electrons. The van der Waals surface area contributed by atoms with E-state index in [1.165, 1.54) is 12.4 Å². The minimum atomic E-state index is -0.426. The Kier molecular flexibility index (Phi) is 14.2. The number of nitrogens with zero attached hydrogens (tertiary/aromatic N) is 8. The van der Waals surface area contributed by atoms with Gasteiger partial charge in [-0.15, -0.1) is 0 Å². The van der Waals surface area contributed by atoms with Crippen molar-refractivity contribution in [2.24, 2.45) is 11.3 Å². The summed E-state index contributed by atoms with van der Waals surface area (Å²) in [6.45, 7) is 15.3. The van der Waals surface area contributed by atoms with E-state index in [-0.39, 0.29) is 53.2 Å². The van der Waals surface area contributed by atoms with Gasteiger partial charge in [0.15, 0.2) is 21.9 Å². The van der Waals surface area contributed by atoms with Crippen molar-refractivity contribution in [1.29, 1.82) is 0 Å². The van der Waals surface area contributed by atoms with Crippen LogP contribution in [0.2, 0.25) is 0 Å².